The maximum atomic E-state index is 9.36. The number of aryl methyl sites for hydroxylation is 2. The first-order chi connectivity index (χ1) is 19.6. The van der Waals surface area contributed by atoms with Crippen LogP contribution in [0.15, 0.2) is 59.7 Å². The van der Waals surface area contributed by atoms with Crippen LogP contribution in [0.1, 0.15) is 140 Å². The second kappa shape index (κ2) is 20.8. The van der Waals surface area contributed by atoms with Crippen LogP contribution >= 0.6 is 0 Å². The predicted octanol–water partition coefficient (Wildman–Crippen LogP) is 10.9. The van der Waals surface area contributed by atoms with Crippen molar-refractivity contribution in [2.45, 2.75) is 130 Å². The third-order valence-electron chi connectivity index (χ3n) is 7.56. The van der Waals surface area contributed by atoms with Gasteiger partial charge in [0.15, 0.2) is 0 Å². The number of rotatable bonds is 18. The number of allylic oxidation sites excluding steroid dienone is 2. The zero-order chi connectivity index (χ0) is 28.8. The summed E-state index contributed by atoms with van der Waals surface area (Å²) in [5.41, 5.74) is 17.1. The van der Waals surface area contributed by atoms with Crippen LogP contribution in [0.5, 0.6) is 0 Å². The fourth-order valence-corrected chi connectivity index (χ4v) is 5.11. The van der Waals surface area contributed by atoms with E-state index in [2.05, 4.69) is 91.8 Å². The van der Waals surface area contributed by atoms with Gasteiger partial charge in [-0.1, -0.05) is 145 Å². The van der Waals surface area contributed by atoms with E-state index in [-0.39, 0.29) is 0 Å². The molecule has 0 saturated carbocycles. The first-order valence-electron chi connectivity index (χ1n) is 16.0. The molecule has 0 amide bonds. The van der Waals surface area contributed by atoms with Crippen LogP contribution in [0, 0.1) is 11.8 Å². The molecule has 0 spiro atoms. The Morgan fingerprint density at radius 3 is 1.98 bits per heavy atom. The minimum atomic E-state index is 0.757. The third kappa shape index (κ3) is 12.4. The Labute approximate surface area is 245 Å². The first-order valence-corrected chi connectivity index (χ1v) is 16.0. The number of benzene rings is 2. The van der Waals surface area contributed by atoms with Gasteiger partial charge in [0.25, 0.3) is 0 Å². The van der Waals surface area contributed by atoms with Crippen molar-refractivity contribution in [3.63, 3.8) is 0 Å². The van der Waals surface area contributed by atoms with E-state index in [1.807, 2.05) is 6.92 Å². The zero-order valence-electron chi connectivity index (χ0n) is 25.8. The molecule has 214 valence electrons. The van der Waals surface area contributed by atoms with Crippen LogP contribution in [0.25, 0.3) is 11.1 Å². The molecule has 0 saturated heterocycles. The third-order valence-corrected chi connectivity index (χ3v) is 7.56. The molecule has 0 aliphatic heterocycles. The summed E-state index contributed by atoms with van der Waals surface area (Å²) in [6.07, 6.45) is 19.4. The lowest BCUT2D eigenvalue weighted by atomic mass is 9.88. The second-order valence-electron chi connectivity index (χ2n) is 11.1. The maximum absolute atomic E-state index is 9.36. The predicted molar refractivity (Wildman–Crippen MR) is 174 cm³/mol. The molecule has 0 bridgehead atoms. The molecule has 2 heteroatoms. The van der Waals surface area contributed by atoms with Crippen LogP contribution in [-0.4, -0.2) is 10.7 Å². The van der Waals surface area contributed by atoms with E-state index in [9.17, 15) is 5.53 Å². The van der Waals surface area contributed by atoms with Crippen molar-refractivity contribution in [2.75, 3.05) is 0 Å². The maximum Gasteiger partial charge on any atom is 0.304 e. The monoisotopic (exact) mass is 536 g/mol. The first kappa shape index (κ1) is 33.1. The Kier molecular flexibility index (Phi) is 17.2. The molecule has 0 heterocycles. The average Bonchev–Trinajstić information content (AvgIpc) is 2.97. The van der Waals surface area contributed by atoms with E-state index in [0.717, 1.165) is 53.5 Å². The number of hydrogen-bond donors (Lipinski definition) is 0. The molecule has 2 aromatic carbocycles. The molecule has 40 heavy (non-hydrogen) atoms. The van der Waals surface area contributed by atoms with Crippen LogP contribution < -0.4 is 0 Å². The normalized spacial score (nSPS) is 11.2. The van der Waals surface area contributed by atoms with Gasteiger partial charge in [0.05, 0.1) is 11.1 Å². The van der Waals surface area contributed by atoms with E-state index < -0.39 is 0 Å². The molecule has 0 aromatic heterocycles. The average molecular weight is 537 g/mol. The van der Waals surface area contributed by atoms with Crippen molar-refractivity contribution in [1.82, 2.24) is 0 Å². The fourth-order valence-electron chi connectivity index (χ4n) is 5.11. The quantitative estimate of drug-likeness (QED) is 0.0453. The minimum Gasteiger partial charge on any atom is -0.348 e. The standard InChI is InChI=1S/C38H52N2/c1-5-8-11-13-14-15-16-17-19-25-37(32(4)31-40-39)38(35-28-26-33(27-29-35)21-10-7-3)36-24-20-23-34(30-36)22-18-12-9-6-2/h20,23-24,26-30H,5-18,21-22H2,1-4H3. The molecule has 0 N–H and O–H groups in total. The summed E-state index contributed by atoms with van der Waals surface area (Å²) < 4.78 is 0. The summed E-state index contributed by atoms with van der Waals surface area (Å²) in [5, 5.41) is 0. The number of hydrogen-bond acceptors (Lipinski definition) is 0. The molecule has 2 rings (SSSR count). The van der Waals surface area contributed by atoms with Gasteiger partial charge in [-0.2, -0.15) is 0 Å². The van der Waals surface area contributed by atoms with E-state index in [0.29, 0.717) is 0 Å². The van der Waals surface area contributed by atoms with Crippen molar-refractivity contribution in [3.8, 4) is 11.8 Å². The fraction of sp³-hybridized carbons (Fsp3) is 0.526. The van der Waals surface area contributed by atoms with Gasteiger partial charge in [-0.3, -0.25) is 0 Å². The van der Waals surface area contributed by atoms with Gasteiger partial charge in [-0.15, -0.1) is 4.79 Å². The van der Waals surface area contributed by atoms with Gasteiger partial charge >= 0.3 is 5.87 Å². The summed E-state index contributed by atoms with van der Waals surface area (Å²) in [7, 11) is 0. The molecular formula is C38H52N2. The van der Waals surface area contributed by atoms with Gasteiger partial charge in [0, 0.05) is 12.0 Å². The van der Waals surface area contributed by atoms with Crippen molar-refractivity contribution >= 4 is 11.4 Å². The molecule has 0 atom stereocenters. The van der Waals surface area contributed by atoms with Gasteiger partial charge < -0.3 is 5.53 Å². The van der Waals surface area contributed by atoms with Crippen LogP contribution in [-0.2, 0) is 12.8 Å². The van der Waals surface area contributed by atoms with Crippen molar-refractivity contribution in [1.29, 1.82) is 0 Å². The summed E-state index contributed by atoms with van der Waals surface area (Å²) in [6.45, 7) is 8.70. The summed E-state index contributed by atoms with van der Waals surface area (Å²) in [5.74, 6) is 9.74. The number of nitrogens with zero attached hydrogens (tertiary/aromatic N) is 2. The molecule has 0 aliphatic carbocycles. The van der Waals surface area contributed by atoms with E-state index in [1.165, 1.54) is 88.2 Å². The Morgan fingerprint density at radius 1 is 0.675 bits per heavy atom. The smallest absolute Gasteiger partial charge is 0.304 e. The van der Waals surface area contributed by atoms with Gasteiger partial charge in [-0.25, -0.2) is 0 Å². The Hall–Kier alpha value is -3.10. The van der Waals surface area contributed by atoms with E-state index >= 15 is 0 Å². The van der Waals surface area contributed by atoms with Crippen molar-refractivity contribution in [3.05, 3.63) is 87.5 Å². The molecule has 0 unspecified atom stereocenters. The summed E-state index contributed by atoms with van der Waals surface area (Å²) in [4.78, 5) is 3.25. The largest absolute Gasteiger partial charge is 0.348 e. The SMILES string of the molecule is CCCCCCCCCC#CC(C(C)=C=[N+]=[N-])=C(c1ccc(CCCC)cc1)c1cccc(CCCCCC)c1. The topological polar surface area (TPSA) is 36.4 Å². The summed E-state index contributed by atoms with van der Waals surface area (Å²) in [6, 6.07) is 17.9. The molecule has 0 aliphatic rings. The second-order valence-corrected chi connectivity index (χ2v) is 11.1. The molecule has 2 nitrogen and oxygen atoms in total. The molecular weight excluding hydrogens is 484 g/mol. The highest BCUT2D eigenvalue weighted by atomic mass is 14.8. The van der Waals surface area contributed by atoms with Crippen molar-refractivity contribution in [2.24, 2.45) is 0 Å². The van der Waals surface area contributed by atoms with Gasteiger partial charge in [0.2, 0.25) is 0 Å². The van der Waals surface area contributed by atoms with Crippen LogP contribution in [0.4, 0.5) is 0 Å². The lowest BCUT2D eigenvalue weighted by molar-refractivity contribution is 0.00756. The lowest BCUT2D eigenvalue weighted by Crippen LogP contribution is -1.98. The number of unbranched alkanes of at least 4 members (excludes halogenated alkanes) is 11. The lowest BCUT2D eigenvalue weighted by Gasteiger charge is -2.14. The molecule has 0 fully saturated rings. The highest BCUT2D eigenvalue weighted by molar-refractivity contribution is 5.89. The highest BCUT2D eigenvalue weighted by Gasteiger charge is 2.15. The van der Waals surface area contributed by atoms with Crippen LogP contribution in [0.2, 0.25) is 0 Å². The molecule has 0 radical (unpaired) electrons. The van der Waals surface area contributed by atoms with E-state index in [4.69, 9.17) is 0 Å². The van der Waals surface area contributed by atoms with Crippen LogP contribution in [0.3, 0.4) is 0 Å². The Balaban J connectivity index is 2.46. The zero-order valence-corrected chi connectivity index (χ0v) is 25.8. The van der Waals surface area contributed by atoms with Crippen molar-refractivity contribution < 1.29 is 4.79 Å². The molecule has 2 aromatic rings. The minimum absolute atomic E-state index is 0.757. The summed E-state index contributed by atoms with van der Waals surface area (Å²) >= 11 is 0. The van der Waals surface area contributed by atoms with Gasteiger partial charge in [-0.05, 0) is 61.3 Å². The highest BCUT2D eigenvalue weighted by Crippen LogP contribution is 2.31. The Bertz CT molecular complexity index is 1180. The van der Waals surface area contributed by atoms with E-state index in [1.54, 1.807) is 0 Å². The Morgan fingerprint density at radius 2 is 1.30 bits per heavy atom. The van der Waals surface area contributed by atoms with Gasteiger partial charge in [0.1, 0.15) is 0 Å².